The number of carbonyl (C=O) groups is 2. The third-order valence-electron chi connectivity index (χ3n) is 4.22. The van der Waals surface area contributed by atoms with Gasteiger partial charge in [0.1, 0.15) is 0 Å². The average Bonchev–Trinajstić information content (AvgIpc) is 2.61. The van der Waals surface area contributed by atoms with Crippen LogP contribution in [0.25, 0.3) is 0 Å². The molecule has 0 aromatic heterocycles. The van der Waals surface area contributed by atoms with Crippen LogP contribution in [0.4, 0.5) is 0 Å². The molecule has 0 saturated carbocycles. The Morgan fingerprint density at radius 3 is 2.12 bits per heavy atom. The summed E-state index contributed by atoms with van der Waals surface area (Å²) in [4.78, 5) is 28.8. The highest BCUT2D eigenvalue weighted by Gasteiger charge is 2.26. The van der Waals surface area contributed by atoms with E-state index < -0.39 is 0 Å². The van der Waals surface area contributed by atoms with Crippen molar-refractivity contribution in [2.24, 2.45) is 0 Å². The highest BCUT2D eigenvalue weighted by Crippen LogP contribution is 2.19. The second-order valence-corrected chi connectivity index (χ2v) is 6.79. The number of amides is 2. The number of aryl methyl sites for hydroxylation is 1. The van der Waals surface area contributed by atoms with Crippen molar-refractivity contribution in [1.29, 1.82) is 0 Å². The van der Waals surface area contributed by atoms with Crippen molar-refractivity contribution < 1.29 is 9.59 Å². The molecule has 0 atom stereocenters. The molecule has 0 bridgehead atoms. The Hall–Kier alpha value is -2.14. The molecule has 124 valence electrons. The number of rotatable bonds is 2. The highest BCUT2D eigenvalue weighted by atomic mass is 79.9. The Balaban J connectivity index is 1.65. The molecule has 1 heterocycles. The maximum Gasteiger partial charge on any atom is 0.255 e. The molecule has 2 aromatic rings. The van der Waals surface area contributed by atoms with Gasteiger partial charge < -0.3 is 9.80 Å². The molecule has 0 unspecified atom stereocenters. The Labute approximate surface area is 150 Å². The van der Waals surface area contributed by atoms with E-state index in [-0.39, 0.29) is 11.8 Å². The summed E-state index contributed by atoms with van der Waals surface area (Å²) in [7, 11) is 0. The normalized spacial score (nSPS) is 14.6. The minimum atomic E-state index is 0.00475. The zero-order chi connectivity index (χ0) is 17.1. The van der Waals surface area contributed by atoms with E-state index in [2.05, 4.69) is 15.9 Å². The summed E-state index contributed by atoms with van der Waals surface area (Å²) in [6, 6.07) is 15.0. The molecular weight excluding hydrogens is 368 g/mol. The zero-order valence-corrected chi connectivity index (χ0v) is 15.1. The number of hydrogen-bond acceptors (Lipinski definition) is 2. The summed E-state index contributed by atoms with van der Waals surface area (Å²) in [5.41, 5.74) is 2.44. The molecule has 3 rings (SSSR count). The van der Waals surface area contributed by atoms with Gasteiger partial charge in [-0.25, -0.2) is 0 Å². The first kappa shape index (κ1) is 16.7. The van der Waals surface area contributed by atoms with E-state index in [0.717, 1.165) is 10.0 Å². The number of benzene rings is 2. The Kier molecular flexibility index (Phi) is 5.00. The maximum absolute atomic E-state index is 12.6. The minimum Gasteiger partial charge on any atom is -0.335 e. The maximum atomic E-state index is 12.6. The fourth-order valence-electron chi connectivity index (χ4n) is 2.88. The average molecular weight is 387 g/mol. The van der Waals surface area contributed by atoms with Crippen molar-refractivity contribution >= 4 is 27.7 Å². The summed E-state index contributed by atoms with van der Waals surface area (Å²) < 4.78 is 0.799. The summed E-state index contributed by atoms with van der Waals surface area (Å²) in [5.74, 6) is 0.0387. The van der Waals surface area contributed by atoms with Crippen molar-refractivity contribution in [2.75, 3.05) is 26.2 Å². The van der Waals surface area contributed by atoms with Crippen LogP contribution in [0.5, 0.6) is 0 Å². The predicted molar refractivity (Wildman–Crippen MR) is 97.1 cm³/mol. The first-order chi connectivity index (χ1) is 11.6. The molecule has 4 nitrogen and oxygen atoms in total. The standard InChI is InChI=1S/C19H19BrN2O2/c1-14-5-4-6-15(13-14)18(23)21-9-11-22(12-10-21)19(24)16-7-2-3-8-17(16)20/h2-8,13H,9-12H2,1H3. The SMILES string of the molecule is Cc1cccc(C(=O)N2CCN(C(=O)c3ccccc3Br)CC2)c1. The van der Waals surface area contributed by atoms with Crippen LogP contribution in [0, 0.1) is 6.92 Å². The highest BCUT2D eigenvalue weighted by molar-refractivity contribution is 9.10. The molecule has 5 heteroatoms. The summed E-state index contributed by atoms with van der Waals surface area (Å²) in [5, 5.41) is 0. The van der Waals surface area contributed by atoms with Crippen molar-refractivity contribution in [3.8, 4) is 0 Å². The van der Waals surface area contributed by atoms with E-state index in [1.165, 1.54) is 0 Å². The lowest BCUT2D eigenvalue weighted by atomic mass is 10.1. The molecule has 2 aromatic carbocycles. The van der Waals surface area contributed by atoms with Crippen LogP contribution in [0.3, 0.4) is 0 Å². The molecule has 2 amide bonds. The van der Waals surface area contributed by atoms with E-state index >= 15 is 0 Å². The van der Waals surface area contributed by atoms with Crippen molar-refractivity contribution in [3.05, 3.63) is 69.7 Å². The Morgan fingerprint density at radius 1 is 0.875 bits per heavy atom. The van der Waals surface area contributed by atoms with Gasteiger partial charge in [-0.05, 0) is 47.1 Å². The number of carbonyl (C=O) groups excluding carboxylic acids is 2. The quantitative estimate of drug-likeness (QED) is 0.793. The van der Waals surface area contributed by atoms with Gasteiger partial charge in [-0.2, -0.15) is 0 Å². The lowest BCUT2D eigenvalue weighted by Crippen LogP contribution is -2.50. The molecule has 1 fully saturated rings. The zero-order valence-electron chi connectivity index (χ0n) is 13.5. The van der Waals surface area contributed by atoms with Gasteiger partial charge in [0.05, 0.1) is 5.56 Å². The minimum absolute atomic E-state index is 0.00475. The fraction of sp³-hybridized carbons (Fsp3) is 0.263. The van der Waals surface area contributed by atoms with Crippen LogP contribution in [0.2, 0.25) is 0 Å². The fourth-order valence-corrected chi connectivity index (χ4v) is 3.33. The molecule has 1 aliphatic heterocycles. The first-order valence-corrected chi connectivity index (χ1v) is 8.75. The van der Waals surface area contributed by atoms with E-state index in [1.54, 1.807) is 4.90 Å². The third-order valence-corrected chi connectivity index (χ3v) is 4.91. The molecule has 0 N–H and O–H groups in total. The summed E-state index contributed by atoms with van der Waals surface area (Å²) >= 11 is 3.42. The smallest absolute Gasteiger partial charge is 0.255 e. The van der Waals surface area contributed by atoms with Crippen LogP contribution in [-0.4, -0.2) is 47.8 Å². The molecule has 1 saturated heterocycles. The first-order valence-electron chi connectivity index (χ1n) is 7.96. The lowest BCUT2D eigenvalue weighted by molar-refractivity contribution is 0.0535. The van der Waals surface area contributed by atoms with Gasteiger partial charge >= 0.3 is 0 Å². The summed E-state index contributed by atoms with van der Waals surface area (Å²) in [6.07, 6.45) is 0. The van der Waals surface area contributed by atoms with E-state index in [4.69, 9.17) is 0 Å². The van der Waals surface area contributed by atoms with E-state index in [9.17, 15) is 9.59 Å². The Morgan fingerprint density at radius 2 is 1.50 bits per heavy atom. The van der Waals surface area contributed by atoms with Gasteiger partial charge in [-0.1, -0.05) is 29.8 Å². The van der Waals surface area contributed by atoms with Crippen LogP contribution in [-0.2, 0) is 0 Å². The van der Waals surface area contributed by atoms with Crippen LogP contribution in [0.1, 0.15) is 26.3 Å². The second kappa shape index (κ2) is 7.18. The van der Waals surface area contributed by atoms with Crippen LogP contribution in [0.15, 0.2) is 53.0 Å². The molecule has 24 heavy (non-hydrogen) atoms. The number of hydrogen-bond donors (Lipinski definition) is 0. The van der Waals surface area contributed by atoms with Gasteiger partial charge in [-0.15, -0.1) is 0 Å². The van der Waals surface area contributed by atoms with Gasteiger partial charge in [-0.3, -0.25) is 9.59 Å². The van der Waals surface area contributed by atoms with Crippen molar-refractivity contribution in [2.45, 2.75) is 6.92 Å². The van der Waals surface area contributed by atoms with Crippen molar-refractivity contribution in [1.82, 2.24) is 9.80 Å². The monoisotopic (exact) mass is 386 g/mol. The second-order valence-electron chi connectivity index (χ2n) is 5.93. The lowest BCUT2D eigenvalue weighted by Gasteiger charge is -2.35. The predicted octanol–water partition coefficient (Wildman–Crippen LogP) is 3.36. The molecule has 1 aliphatic rings. The van der Waals surface area contributed by atoms with Gasteiger partial charge in [0.2, 0.25) is 0 Å². The molecular formula is C19H19BrN2O2. The molecule has 0 spiro atoms. The topological polar surface area (TPSA) is 40.6 Å². The number of nitrogens with zero attached hydrogens (tertiary/aromatic N) is 2. The van der Waals surface area contributed by atoms with Gasteiger partial charge in [0.15, 0.2) is 0 Å². The Bertz CT molecular complexity index is 767. The van der Waals surface area contributed by atoms with E-state index in [0.29, 0.717) is 37.3 Å². The van der Waals surface area contributed by atoms with Crippen LogP contribution >= 0.6 is 15.9 Å². The van der Waals surface area contributed by atoms with Gasteiger partial charge in [0, 0.05) is 36.2 Å². The molecule has 0 aliphatic carbocycles. The summed E-state index contributed by atoms with van der Waals surface area (Å²) in [6.45, 7) is 4.20. The van der Waals surface area contributed by atoms with E-state index in [1.807, 2.05) is 60.4 Å². The van der Waals surface area contributed by atoms with Crippen LogP contribution < -0.4 is 0 Å². The van der Waals surface area contributed by atoms with Gasteiger partial charge in [0.25, 0.3) is 11.8 Å². The van der Waals surface area contributed by atoms with Crippen molar-refractivity contribution in [3.63, 3.8) is 0 Å². The number of piperazine rings is 1. The molecule has 0 radical (unpaired) electrons. The number of halogens is 1. The largest absolute Gasteiger partial charge is 0.335 e. The third kappa shape index (κ3) is 3.51.